The minimum Gasteiger partial charge on any atom is -0.480 e. The molecule has 6 heteroatoms. The Morgan fingerprint density at radius 1 is 1.56 bits per heavy atom. The Morgan fingerprint density at radius 2 is 2.38 bits per heavy atom. The number of aliphatic carboxylic acids is 1. The van der Waals surface area contributed by atoms with Crippen molar-refractivity contribution in [3.63, 3.8) is 0 Å². The summed E-state index contributed by atoms with van der Waals surface area (Å²) in [5.74, 6) is -1.06. The van der Waals surface area contributed by atoms with Gasteiger partial charge >= 0.3 is 5.97 Å². The molecule has 0 bridgehead atoms. The number of hydrogen-bond donors (Lipinski definition) is 1. The average molecular weight is 236 g/mol. The maximum Gasteiger partial charge on any atom is 0.323 e. The molecule has 82 valence electrons. The number of carbonyl (C=O) groups is 1. The highest BCUT2D eigenvalue weighted by atomic mass is 32.1. The molecule has 0 atom stereocenters. The standard InChI is InChI=1S/C10H8N2O3S/c13-9-3-8(7-1-2-16-5-7)11-6-12(9)4-10(14)15/h1-3,5-6H,4H2,(H,14,15). The predicted molar refractivity (Wildman–Crippen MR) is 59.4 cm³/mol. The van der Waals surface area contributed by atoms with Crippen molar-refractivity contribution in [3.8, 4) is 11.3 Å². The van der Waals surface area contributed by atoms with Crippen molar-refractivity contribution in [1.82, 2.24) is 9.55 Å². The number of thiophene rings is 1. The molecule has 0 amide bonds. The van der Waals surface area contributed by atoms with E-state index in [0.717, 1.165) is 10.1 Å². The molecule has 0 aliphatic heterocycles. The van der Waals surface area contributed by atoms with Gasteiger partial charge in [-0.15, -0.1) is 0 Å². The van der Waals surface area contributed by atoms with Gasteiger partial charge in [-0.05, 0) is 11.4 Å². The second kappa shape index (κ2) is 4.28. The van der Waals surface area contributed by atoms with Crippen LogP contribution in [0.1, 0.15) is 0 Å². The lowest BCUT2D eigenvalue weighted by molar-refractivity contribution is -0.137. The zero-order chi connectivity index (χ0) is 11.5. The highest BCUT2D eigenvalue weighted by Gasteiger charge is 2.05. The molecule has 2 aromatic rings. The van der Waals surface area contributed by atoms with Gasteiger partial charge in [-0.1, -0.05) is 0 Å². The van der Waals surface area contributed by atoms with E-state index in [0.29, 0.717) is 5.69 Å². The van der Waals surface area contributed by atoms with Gasteiger partial charge in [-0.2, -0.15) is 11.3 Å². The fourth-order valence-electron chi connectivity index (χ4n) is 1.26. The number of rotatable bonds is 3. The zero-order valence-corrected chi connectivity index (χ0v) is 8.98. The summed E-state index contributed by atoms with van der Waals surface area (Å²) in [7, 11) is 0. The van der Waals surface area contributed by atoms with E-state index in [-0.39, 0.29) is 12.1 Å². The molecule has 1 N–H and O–H groups in total. The van der Waals surface area contributed by atoms with Crippen LogP contribution in [-0.4, -0.2) is 20.6 Å². The molecule has 16 heavy (non-hydrogen) atoms. The van der Waals surface area contributed by atoms with Gasteiger partial charge in [0.15, 0.2) is 0 Å². The van der Waals surface area contributed by atoms with Crippen LogP contribution in [0.4, 0.5) is 0 Å². The SMILES string of the molecule is O=C(O)Cn1cnc(-c2ccsc2)cc1=O. The molecular weight excluding hydrogens is 228 g/mol. The molecule has 0 saturated heterocycles. The predicted octanol–water partition coefficient (Wildman–Crippen LogP) is 1.06. The largest absolute Gasteiger partial charge is 0.480 e. The van der Waals surface area contributed by atoms with Gasteiger partial charge in [-0.25, -0.2) is 4.98 Å². The fraction of sp³-hybridized carbons (Fsp3) is 0.100. The third-order valence-corrected chi connectivity index (χ3v) is 2.69. The summed E-state index contributed by atoms with van der Waals surface area (Å²) in [6.07, 6.45) is 1.25. The first-order valence-electron chi connectivity index (χ1n) is 4.47. The van der Waals surface area contributed by atoms with Crippen molar-refractivity contribution in [2.75, 3.05) is 0 Å². The van der Waals surface area contributed by atoms with Gasteiger partial charge in [0.05, 0.1) is 12.0 Å². The number of carboxylic acid groups (broad SMARTS) is 1. The van der Waals surface area contributed by atoms with Crippen LogP contribution in [0.3, 0.4) is 0 Å². The van der Waals surface area contributed by atoms with Gasteiger partial charge in [0.2, 0.25) is 0 Å². The molecule has 2 rings (SSSR count). The first-order valence-corrected chi connectivity index (χ1v) is 5.42. The molecule has 0 radical (unpaired) electrons. The molecule has 0 fully saturated rings. The number of aromatic nitrogens is 2. The minimum absolute atomic E-state index is 0.362. The molecule has 0 aliphatic carbocycles. The van der Waals surface area contributed by atoms with E-state index in [4.69, 9.17) is 5.11 Å². The van der Waals surface area contributed by atoms with Crippen LogP contribution >= 0.6 is 11.3 Å². The molecule has 0 saturated carbocycles. The summed E-state index contributed by atoms with van der Waals surface area (Å²) in [6, 6.07) is 3.19. The van der Waals surface area contributed by atoms with E-state index >= 15 is 0 Å². The summed E-state index contributed by atoms with van der Waals surface area (Å²) in [5, 5.41) is 12.3. The quantitative estimate of drug-likeness (QED) is 0.864. The van der Waals surface area contributed by atoms with Gasteiger partial charge in [0.25, 0.3) is 5.56 Å². The highest BCUT2D eigenvalue weighted by molar-refractivity contribution is 7.08. The summed E-state index contributed by atoms with van der Waals surface area (Å²) >= 11 is 1.51. The highest BCUT2D eigenvalue weighted by Crippen LogP contribution is 2.17. The van der Waals surface area contributed by atoms with E-state index in [1.165, 1.54) is 23.7 Å². The third kappa shape index (κ3) is 2.17. The topological polar surface area (TPSA) is 72.2 Å². The summed E-state index contributed by atoms with van der Waals surface area (Å²) in [4.78, 5) is 26.0. The van der Waals surface area contributed by atoms with E-state index in [2.05, 4.69) is 4.98 Å². The normalized spacial score (nSPS) is 10.2. The van der Waals surface area contributed by atoms with Crippen LogP contribution in [-0.2, 0) is 11.3 Å². The van der Waals surface area contributed by atoms with Crippen molar-refractivity contribution < 1.29 is 9.90 Å². The summed E-state index contributed by atoms with van der Waals surface area (Å²) in [5.41, 5.74) is 1.07. The average Bonchev–Trinajstić information content (AvgIpc) is 2.73. The lowest BCUT2D eigenvalue weighted by atomic mass is 10.2. The van der Waals surface area contributed by atoms with Gasteiger partial charge < -0.3 is 5.11 Å². The Balaban J connectivity index is 2.37. The minimum atomic E-state index is -1.06. The monoisotopic (exact) mass is 236 g/mol. The van der Waals surface area contributed by atoms with Crippen LogP contribution in [0, 0.1) is 0 Å². The van der Waals surface area contributed by atoms with Gasteiger partial charge in [0.1, 0.15) is 6.54 Å². The van der Waals surface area contributed by atoms with E-state index in [9.17, 15) is 9.59 Å². The van der Waals surface area contributed by atoms with Crippen molar-refractivity contribution in [1.29, 1.82) is 0 Å². The van der Waals surface area contributed by atoms with Gasteiger partial charge in [-0.3, -0.25) is 14.2 Å². The Labute approximate surface area is 94.6 Å². The number of carboxylic acids is 1. The summed E-state index contributed by atoms with van der Waals surface area (Å²) in [6.45, 7) is -0.365. The lowest BCUT2D eigenvalue weighted by Crippen LogP contribution is -2.23. The van der Waals surface area contributed by atoms with Crippen LogP contribution in [0.2, 0.25) is 0 Å². The molecule has 0 aliphatic rings. The lowest BCUT2D eigenvalue weighted by Gasteiger charge is -2.02. The third-order valence-electron chi connectivity index (χ3n) is 2.00. The van der Waals surface area contributed by atoms with E-state index < -0.39 is 5.97 Å². The smallest absolute Gasteiger partial charge is 0.323 e. The second-order valence-corrected chi connectivity index (χ2v) is 3.93. The Kier molecular flexibility index (Phi) is 2.82. The van der Waals surface area contributed by atoms with Crippen LogP contribution in [0.25, 0.3) is 11.3 Å². The molecular formula is C10H8N2O3S. The Morgan fingerprint density at radius 3 is 2.94 bits per heavy atom. The van der Waals surface area contributed by atoms with E-state index in [1.54, 1.807) is 0 Å². The first-order chi connectivity index (χ1) is 7.66. The molecule has 2 heterocycles. The first kappa shape index (κ1) is 10.6. The van der Waals surface area contributed by atoms with Crippen LogP contribution in [0.5, 0.6) is 0 Å². The van der Waals surface area contributed by atoms with Crippen molar-refractivity contribution in [2.24, 2.45) is 0 Å². The number of nitrogens with zero attached hydrogens (tertiary/aromatic N) is 2. The van der Waals surface area contributed by atoms with Crippen molar-refractivity contribution >= 4 is 17.3 Å². The zero-order valence-electron chi connectivity index (χ0n) is 8.16. The van der Waals surface area contributed by atoms with Gasteiger partial charge in [0, 0.05) is 17.0 Å². The fourth-order valence-corrected chi connectivity index (χ4v) is 1.91. The number of hydrogen-bond acceptors (Lipinski definition) is 4. The van der Waals surface area contributed by atoms with Crippen LogP contribution < -0.4 is 5.56 Å². The molecule has 5 nitrogen and oxygen atoms in total. The van der Waals surface area contributed by atoms with E-state index in [1.807, 2.05) is 16.8 Å². The second-order valence-electron chi connectivity index (χ2n) is 3.15. The van der Waals surface area contributed by atoms with Crippen molar-refractivity contribution in [2.45, 2.75) is 6.54 Å². The Bertz CT molecular complexity index is 560. The maximum atomic E-state index is 11.5. The Hall–Kier alpha value is -1.95. The van der Waals surface area contributed by atoms with Crippen molar-refractivity contribution in [3.05, 3.63) is 39.6 Å². The van der Waals surface area contributed by atoms with Crippen LogP contribution in [0.15, 0.2) is 34.0 Å². The summed E-state index contributed by atoms with van der Waals surface area (Å²) < 4.78 is 1.05. The maximum absolute atomic E-state index is 11.5. The molecule has 2 aromatic heterocycles. The molecule has 0 spiro atoms. The molecule has 0 aromatic carbocycles. The molecule has 0 unspecified atom stereocenters.